The molecule has 0 spiro atoms. The van der Waals surface area contributed by atoms with Gasteiger partial charge in [0.15, 0.2) is 0 Å². The molecule has 0 aromatic heterocycles. The van der Waals surface area contributed by atoms with E-state index in [9.17, 15) is 5.11 Å². The SMILES string of the molecule is COc1ccc(C2Sc3c(ccc4ccccc34)N(CCN(C)C)CC2O)cc1. The summed E-state index contributed by atoms with van der Waals surface area (Å²) in [5.41, 5.74) is 2.34. The van der Waals surface area contributed by atoms with Crippen LogP contribution >= 0.6 is 11.8 Å². The third-order valence-corrected chi connectivity index (χ3v) is 6.97. The Balaban J connectivity index is 1.78. The van der Waals surface area contributed by atoms with E-state index in [1.807, 2.05) is 12.1 Å². The maximum atomic E-state index is 11.2. The lowest BCUT2D eigenvalue weighted by atomic mass is 10.1. The summed E-state index contributed by atoms with van der Waals surface area (Å²) in [6, 6.07) is 21.0. The molecule has 0 bridgehead atoms. The molecule has 0 radical (unpaired) electrons. The van der Waals surface area contributed by atoms with Crippen molar-refractivity contribution < 1.29 is 9.84 Å². The first-order valence-electron chi connectivity index (χ1n) is 9.97. The molecule has 3 aromatic carbocycles. The number of aliphatic hydroxyl groups excluding tert-OH is 1. The molecule has 1 heterocycles. The zero-order valence-corrected chi connectivity index (χ0v) is 18.0. The van der Waals surface area contributed by atoms with E-state index in [1.165, 1.54) is 21.4 Å². The fourth-order valence-electron chi connectivity index (χ4n) is 3.85. The Morgan fingerprint density at radius 1 is 1.07 bits per heavy atom. The summed E-state index contributed by atoms with van der Waals surface area (Å²) in [7, 11) is 5.85. The summed E-state index contributed by atoms with van der Waals surface area (Å²) in [6.07, 6.45) is -0.471. The highest BCUT2D eigenvalue weighted by Crippen LogP contribution is 2.48. The highest BCUT2D eigenvalue weighted by atomic mass is 32.2. The molecule has 152 valence electrons. The largest absolute Gasteiger partial charge is 0.497 e. The minimum absolute atomic E-state index is 0.0326. The van der Waals surface area contributed by atoms with Crippen molar-refractivity contribution >= 4 is 28.2 Å². The second kappa shape index (κ2) is 8.66. The molecule has 1 aliphatic rings. The van der Waals surface area contributed by atoms with Crippen LogP contribution < -0.4 is 9.64 Å². The van der Waals surface area contributed by atoms with E-state index in [0.717, 1.165) is 24.4 Å². The highest BCUT2D eigenvalue weighted by molar-refractivity contribution is 8.00. The van der Waals surface area contributed by atoms with Crippen LogP contribution in [0, 0.1) is 0 Å². The minimum atomic E-state index is -0.471. The van der Waals surface area contributed by atoms with Crippen molar-refractivity contribution in [2.75, 3.05) is 45.7 Å². The van der Waals surface area contributed by atoms with Gasteiger partial charge in [0.2, 0.25) is 0 Å². The van der Waals surface area contributed by atoms with Gasteiger partial charge in [-0.25, -0.2) is 0 Å². The van der Waals surface area contributed by atoms with Crippen molar-refractivity contribution in [1.29, 1.82) is 0 Å². The fraction of sp³-hybridized carbons (Fsp3) is 0.333. The molecular formula is C24H28N2O2S. The summed E-state index contributed by atoms with van der Waals surface area (Å²) < 4.78 is 5.31. The van der Waals surface area contributed by atoms with Gasteiger partial charge in [-0.05, 0) is 48.6 Å². The van der Waals surface area contributed by atoms with Crippen LogP contribution in [0.5, 0.6) is 5.75 Å². The topological polar surface area (TPSA) is 35.9 Å². The van der Waals surface area contributed by atoms with Crippen molar-refractivity contribution in [3.05, 3.63) is 66.2 Å². The molecular weight excluding hydrogens is 380 g/mol. The molecule has 1 aliphatic heterocycles. The number of anilines is 1. The third-order valence-electron chi connectivity index (χ3n) is 5.46. The van der Waals surface area contributed by atoms with Gasteiger partial charge in [-0.1, -0.05) is 42.5 Å². The lowest BCUT2D eigenvalue weighted by Gasteiger charge is -2.28. The first kappa shape index (κ1) is 20.1. The summed E-state index contributed by atoms with van der Waals surface area (Å²) in [5, 5.41) is 13.6. The molecule has 0 saturated heterocycles. The number of thioether (sulfide) groups is 1. The molecule has 29 heavy (non-hydrogen) atoms. The van der Waals surface area contributed by atoms with Gasteiger partial charge in [-0.3, -0.25) is 0 Å². The first-order valence-corrected chi connectivity index (χ1v) is 10.8. The van der Waals surface area contributed by atoms with Crippen molar-refractivity contribution in [2.24, 2.45) is 0 Å². The second-order valence-electron chi connectivity index (χ2n) is 7.76. The van der Waals surface area contributed by atoms with Gasteiger partial charge in [0.05, 0.1) is 24.2 Å². The number of β-amino-alcohol motifs (C(OH)–C–C–N with tert-alkyl or cyclic N) is 1. The molecule has 1 N–H and O–H groups in total. The summed E-state index contributed by atoms with van der Waals surface area (Å²) in [4.78, 5) is 5.77. The van der Waals surface area contributed by atoms with Gasteiger partial charge in [0.1, 0.15) is 5.75 Å². The molecule has 2 unspecified atom stereocenters. The van der Waals surface area contributed by atoms with E-state index < -0.39 is 6.10 Å². The molecule has 0 fully saturated rings. The molecule has 0 amide bonds. The average Bonchev–Trinajstić information content (AvgIpc) is 2.88. The Morgan fingerprint density at radius 2 is 1.83 bits per heavy atom. The number of fused-ring (bicyclic) bond motifs is 3. The molecule has 4 rings (SSSR count). The van der Waals surface area contributed by atoms with Crippen molar-refractivity contribution in [3.8, 4) is 5.75 Å². The van der Waals surface area contributed by atoms with Gasteiger partial charge >= 0.3 is 0 Å². The number of nitrogens with zero attached hydrogens (tertiary/aromatic N) is 2. The van der Waals surface area contributed by atoms with Crippen molar-refractivity contribution in [1.82, 2.24) is 4.90 Å². The van der Waals surface area contributed by atoms with Crippen molar-refractivity contribution in [3.63, 3.8) is 0 Å². The standard InChI is InChI=1S/C24H28N2O2S/c1-25(2)14-15-26-16-22(27)23(18-8-11-19(28-3)12-9-18)29-24-20-7-5-4-6-17(20)10-13-21(24)26/h4-13,22-23,27H,14-16H2,1-3H3. The van der Waals surface area contributed by atoms with Crippen LogP contribution in [0.1, 0.15) is 10.8 Å². The predicted molar refractivity (Wildman–Crippen MR) is 122 cm³/mol. The predicted octanol–water partition coefficient (Wildman–Crippen LogP) is 4.42. The van der Waals surface area contributed by atoms with Crippen molar-refractivity contribution in [2.45, 2.75) is 16.2 Å². The number of benzene rings is 3. The number of rotatable bonds is 5. The van der Waals surface area contributed by atoms with Gasteiger partial charge in [-0.15, -0.1) is 11.8 Å². The van der Waals surface area contributed by atoms with Crippen LogP contribution in [-0.2, 0) is 0 Å². The zero-order valence-electron chi connectivity index (χ0n) is 17.2. The van der Waals surface area contributed by atoms with E-state index in [0.29, 0.717) is 6.54 Å². The molecule has 5 heteroatoms. The van der Waals surface area contributed by atoms with Crippen LogP contribution in [0.2, 0.25) is 0 Å². The first-order chi connectivity index (χ1) is 14.1. The molecule has 3 aromatic rings. The lowest BCUT2D eigenvalue weighted by Crippen LogP contribution is -2.38. The number of likely N-dealkylation sites (N-methyl/N-ethyl adjacent to an activating group) is 1. The maximum absolute atomic E-state index is 11.2. The summed E-state index contributed by atoms with van der Waals surface area (Å²) in [5.74, 6) is 0.834. The van der Waals surface area contributed by atoms with Gasteiger partial charge in [0, 0.05) is 24.5 Å². The van der Waals surface area contributed by atoms with E-state index in [1.54, 1.807) is 18.9 Å². The van der Waals surface area contributed by atoms with Gasteiger partial charge in [0.25, 0.3) is 0 Å². The molecule has 0 aliphatic carbocycles. The minimum Gasteiger partial charge on any atom is -0.497 e. The van der Waals surface area contributed by atoms with E-state index in [-0.39, 0.29) is 5.25 Å². The number of hydrogen-bond donors (Lipinski definition) is 1. The fourth-order valence-corrected chi connectivity index (χ4v) is 5.27. The third kappa shape index (κ3) is 4.22. The molecule has 2 atom stereocenters. The number of methoxy groups -OCH3 is 1. The van der Waals surface area contributed by atoms with Crippen LogP contribution in [0.3, 0.4) is 0 Å². The monoisotopic (exact) mass is 408 g/mol. The second-order valence-corrected chi connectivity index (χ2v) is 8.92. The highest BCUT2D eigenvalue weighted by Gasteiger charge is 2.31. The van der Waals surface area contributed by atoms with Crippen LogP contribution in [0.25, 0.3) is 10.8 Å². The van der Waals surface area contributed by atoms with Crippen LogP contribution in [0.4, 0.5) is 5.69 Å². The Hall–Kier alpha value is -2.21. The van der Waals surface area contributed by atoms with Gasteiger partial charge in [-0.2, -0.15) is 0 Å². The molecule has 4 nitrogen and oxygen atoms in total. The maximum Gasteiger partial charge on any atom is 0.118 e. The van der Waals surface area contributed by atoms with Crippen LogP contribution in [-0.4, -0.2) is 56.9 Å². The number of hydrogen-bond acceptors (Lipinski definition) is 5. The van der Waals surface area contributed by atoms with E-state index >= 15 is 0 Å². The number of ether oxygens (including phenoxy) is 1. The quantitative estimate of drug-likeness (QED) is 0.676. The Morgan fingerprint density at radius 3 is 2.55 bits per heavy atom. The normalized spacial score (nSPS) is 19.3. The van der Waals surface area contributed by atoms with Crippen LogP contribution in [0.15, 0.2) is 65.6 Å². The Labute approximate surface area is 177 Å². The Kier molecular flexibility index (Phi) is 5.99. The lowest BCUT2D eigenvalue weighted by molar-refractivity contribution is 0.177. The summed E-state index contributed by atoms with van der Waals surface area (Å²) >= 11 is 1.77. The van der Waals surface area contributed by atoms with E-state index in [2.05, 4.69) is 72.4 Å². The Bertz CT molecular complexity index is 974. The van der Waals surface area contributed by atoms with E-state index in [4.69, 9.17) is 4.74 Å². The average molecular weight is 409 g/mol. The smallest absolute Gasteiger partial charge is 0.118 e. The molecule has 0 saturated carbocycles. The zero-order chi connectivity index (χ0) is 20.4. The summed E-state index contributed by atoms with van der Waals surface area (Å²) in [6.45, 7) is 2.44. The van der Waals surface area contributed by atoms with Gasteiger partial charge < -0.3 is 19.6 Å². The number of aliphatic hydroxyl groups is 1.